The zero-order valence-electron chi connectivity index (χ0n) is 21.7. The predicted molar refractivity (Wildman–Crippen MR) is 144 cm³/mol. The van der Waals surface area contributed by atoms with Crippen LogP contribution in [0.4, 0.5) is 0 Å². The van der Waals surface area contributed by atoms with Crippen LogP contribution < -0.4 is 0 Å². The van der Waals surface area contributed by atoms with Crippen molar-refractivity contribution in [2.45, 2.75) is 39.7 Å². The summed E-state index contributed by atoms with van der Waals surface area (Å²) in [6.45, 7) is 4.74. The summed E-state index contributed by atoms with van der Waals surface area (Å²) in [5.41, 5.74) is 6.76. The van der Waals surface area contributed by atoms with Crippen LogP contribution in [0.15, 0.2) is 66.9 Å². The number of rotatable bonds is 9. The van der Waals surface area contributed by atoms with Crippen molar-refractivity contribution in [1.29, 1.82) is 0 Å². The fourth-order valence-corrected chi connectivity index (χ4v) is 4.36. The summed E-state index contributed by atoms with van der Waals surface area (Å²) in [6.07, 6.45) is 4.93. The Bertz CT molecular complexity index is 1520. The van der Waals surface area contributed by atoms with Gasteiger partial charge >= 0.3 is 5.97 Å². The summed E-state index contributed by atoms with van der Waals surface area (Å²) < 4.78 is 7.14. The van der Waals surface area contributed by atoms with Gasteiger partial charge in [0.05, 0.1) is 12.7 Å². The average Bonchev–Trinajstić information content (AvgIpc) is 3.63. The first kappa shape index (κ1) is 25.0. The predicted octanol–water partition coefficient (Wildman–Crippen LogP) is 5.28. The van der Waals surface area contributed by atoms with Crippen LogP contribution in [0.5, 0.6) is 0 Å². The van der Waals surface area contributed by atoms with E-state index in [0.717, 1.165) is 53.0 Å². The zero-order chi connectivity index (χ0) is 26.5. The van der Waals surface area contributed by atoms with E-state index < -0.39 is 5.97 Å². The fraction of sp³-hybridized carbons (Fsp3) is 0.241. The van der Waals surface area contributed by atoms with Gasteiger partial charge in [0.15, 0.2) is 0 Å². The van der Waals surface area contributed by atoms with Crippen molar-refractivity contribution in [3.05, 3.63) is 89.5 Å². The Kier molecular flexibility index (Phi) is 7.35. The quantitative estimate of drug-likeness (QED) is 0.270. The van der Waals surface area contributed by atoms with E-state index >= 15 is 0 Å². The minimum absolute atomic E-state index is 0.416. The molecular formula is C29H29N7O2. The van der Waals surface area contributed by atoms with E-state index in [0.29, 0.717) is 29.3 Å². The summed E-state index contributed by atoms with van der Waals surface area (Å²) >= 11 is 0. The lowest BCUT2D eigenvalue weighted by atomic mass is 10.0. The number of aromatic nitrogens is 7. The summed E-state index contributed by atoms with van der Waals surface area (Å²) in [4.78, 5) is 21.9. The summed E-state index contributed by atoms with van der Waals surface area (Å²) in [6, 6.07) is 20.2. The third-order valence-corrected chi connectivity index (χ3v) is 6.42. The number of imidazole rings is 1. The van der Waals surface area contributed by atoms with E-state index in [4.69, 9.17) is 9.72 Å². The topological polar surface area (TPSA) is 111 Å². The Hall–Kier alpha value is -4.66. The molecule has 1 N–H and O–H groups in total. The highest BCUT2D eigenvalue weighted by Crippen LogP contribution is 2.26. The van der Waals surface area contributed by atoms with E-state index in [2.05, 4.69) is 73.5 Å². The molecule has 0 spiro atoms. The van der Waals surface area contributed by atoms with Crippen molar-refractivity contribution < 1.29 is 9.53 Å². The first-order valence-electron chi connectivity index (χ1n) is 12.6. The Morgan fingerprint density at radius 2 is 1.66 bits per heavy atom. The van der Waals surface area contributed by atoms with Crippen LogP contribution in [-0.4, -0.2) is 48.2 Å². The zero-order valence-corrected chi connectivity index (χ0v) is 21.7. The molecule has 5 aromatic rings. The first-order chi connectivity index (χ1) is 18.6. The van der Waals surface area contributed by atoms with Gasteiger partial charge in [-0.1, -0.05) is 61.9 Å². The van der Waals surface area contributed by atoms with Crippen LogP contribution in [0.1, 0.15) is 47.2 Å². The number of benzene rings is 2. The number of aromatic amines is 1. The van der Waals surface area contributed by atoms with Gasteiger partial charge in [0.25, 0.3) is 0 Å². The van der Waals surface area contributed by atoms with Crippen LogP contribution in [-0.2, 0) is 17.7 Å². The molecule has 9 heteroatoms. The van der Waals surface area contributed by atoms with E-state index in [-0.39, 0.29) is 0 Å². The molecule has 0 amide bonds. The molecule has 192 valence electrons. The number of hydrogen-bond acceptors (Lipinski definition) is 7. The molecule has 5 rings (SSSR count). The largest absolute Gasteiger partial charge is 0.465 e. The minimum Gasteiger partial charge on any atom is -0.465 e. The molecule has 0 aliphatic rings. The number of carbonyl (C=O) groups is 1. The second kappa shape index (κ2) is 11.2. The first-order valence-corrected chi connectivity index (χ1v) is 12.6. The van der Waals surface area contributed by atoms with Crippen LogP contribution in [0.3, 0.4) is 0 Å². The number of unbranched alkanes of at least 4 members (excludes halogenated alkanes) is 1. The molecule has 0 unspecified atom stereocenters. The van der Waals surface area contributed by atoms with Crippen LogP contribution in [0, 0.1) is 6.92 Å². The van der Waals surface area contributed by atoms with Gasteiger partial charge in [-0.15, -0.1) is 10.2 Å². The highest BCUT2D eigenvalue weighted by atomic mass is 16.5. The van der Waals surface area contributed by atoms with Crippen LogP contribution >= 0.6 is 0 Å². The number of aryl methyl sites for hydroxylation is 2. The third kappa shape index (κ3) is 5.36. The van der Waals surface area contributed by atoms with Gasteiger partial charge in [0, 0.05) is 30.4 Å². The molecule has 0 saturated heterocycles. The van der Waals surface area contributed by atoms with Crippen molar-refractivity contribution in [2.75, 3.05) is 7.11 Å². The van der Waals surface area contributed by atoms with Crippen molar-refractivity contribution >= 4 is 5.97 Å². The smallest absolute Gasteiger partial charge is 0.340 e. The second-order valence-electron chi connectivity index (χ2n) is 9.12. The van der Waals surface area contributed by atoms with Gasteiger partial charge in [0.2, 0.25) is 5.82 Å². The Morgan fingerprint density at radius 1 is 0.947 bits per heavy atom. The van der Waals surface area contributed by atoms with Gasteiger partial charge < -0.3 is 9.30 Å². The maximum atomic E-state index is 12.4. The Labute approximate surface area is 220 Å². The normalized spacial score (nSPS) is 11.0. The molecule has 2 aromatic carbocycles. The average molecular weight is 508 g/mol. The maximum Gasteiger partial charge on any atom is 0.340 e. The van der Waals surface area contributed by atoms with Crippen molar-refractivity contribution in [1.82, 2.24) is 35.2 Å². The molecule has 0 fully saturated rings. The number of ether oxygens (including phenoxy) is 1. The lowest BCUT2D eigenvalue weighted by molar-refractivity contribution is 0.0601. The summed E-state index contributed by atoms with van der Waals surface area (Å²) in [5, 5.41) is 14.2. The molecular weight excluding hydrogens is 478 g/mol. The Balaban J connectivity index is 1.40. The molecule has 0 aliphatic carbocycles. The molecule has 0 saturated carbocycles. The van der Waals surface area contributed by atoms with Crippen molar-refractivity contribution in [2.24, 2.45) is 0 Å². The van der Waals surface area contributed by atoms with Crippen molar-refractivity contribution in [3.8, 4) is 33.9 Å². The number of nitrogens with zero attached hydrogens (tertiary/aromatic N) is 6. The Morgan fingerprint density at radius 3 is 2.32 bits per heavy atom. The number of carbonyl (C=O) groups excluding carboxylic acids is 1. The highest BCUT2D eigenvalue weighted by molar-refractivity contribution is 5.95. The molecule has 0 aliphatic heterocycles. The monoisotopic (exact) mass is 507 g/mol. The van der Waals surface area contributed by atoms with Gasteiger partial charge in [0.1, 0.15) is 17.2 Å². The minimum atomic E-state index is -0.418. The maximum absolute atomic E-state index is 12.4. The molecule has 3 heterocycles. The van der Waals surface area contributed by atoms with E-state index in [9.17, 15) is 4.79 Å². The van der Waals surface area contributed by atoms with E-state index in [1.807, 2.05) is 31.3 Å². The lowest BCUT2D eigenvalue weighted by Crippen LogP contribution is -2.06. The standard InChI is InChI=1S/C29H29N7O2/c1-4-5-6-26-31-25(27-24(29(37)38-3)16-7-19(2)30-27)18-36(26)17-20-8-10-21(11-9-20)22-12-14-23(15-13-22)28-32-34-35-33-28/h7-16,18H,4-6,17H2,1-3H3,(H,32,33,34,35). The number of esters is 1. The van der Waals surface area contributed by atoms with Gasteiger partial charge in [-0.25, -0.2) is 9.78 Å². The number of H-pyrrole nitrogens is 1. The van der Waals surface area contributed by atoms with E-state index in [1.165, 1.54) is 7.11 Å². The number of hydrogen-bond donors (Lipinski definition) is 1. The summed E-state index contributed by atoms with van der Waals surface area (Å²) in [7, 11) is 1.38. The number of tetrazole rings is 1. The highest BCUT2D eigenvalue weighted by Gasteiger charge is 2.19. The van der Waals surface area contributed by atoms with Gasteiger partial charge in [-0.05, 0) is 47.4 Å². The summed E-state index contributed by atoms with van der Waals surface area (Å²) in [5.74, 6) is 1.13. The molecule has 38 heavy (non-hydrogen) atoms. The van der Waals surface area contributed by atoms with Gasteiger partial charge in [-0.2, -0.15) is 5.21 Å². The third-order valence-electron chi connectivity index (χ3n) is 6.42. The molecule has 9 nitrogen and oxygen atoms in total. The second-order valence-corrected chi connectivity index (χ2v) is 9.12. The lowest BCUT2D eigenvalue weighted by Gasteiger charge is -2.09. The van der Waals surface area contributed by atoms with Crippen LogP contribution in [0.25, 0.3) is 33.9 Å². The molecule has 3 aromatic heterocycles. The van der Waals surface area contributed by atoms with E-state index in [1.54, 1.807) is 6.07 Å². The number of nitrogens with one attached hydrogen (secondary N) is 1. The molecule has 0 atom stereocenters. The SMILES string of the molecule is CCCCc1nc(-c2nc(C)ccc2C(=O)OC)cn1Cc1ccc(-c2ccc(-c3nn[nH]n3)cc2)cc1. The number of methoxy groups -OCH3 is 1. The molecule has 0 radical (unpaired) electrons. The molecule has 0 bridgehead atoms. The van der Waals surface area contributed by atoms with Crippen molar-refractivity contribution in [3.63, 3.8) is 0 Å². The fourth-order valence-electron chi connectivity index (χ4n) is 4.36. The van der Waals surface area contributed by atoms with Crippen LogP contribution in [0.2, 0.25) is 0 Å². The number of pyridine rings is 1. The van der Waals surface area contributed by atoms with Gasteiger partial charge in [-0.3, -0.25) is 4.98 Å².